The highest BCUT2D eigenvalue weighted by Gasteiger charge is 2.41. The first-order valence-corrected chi connectivity index (χ1v) is 10.3. The van der Waals surface area contributed by atoms with Crippen molar-refractivity contribution in [3.8, 4) is 11.4 Å². The predicted octanol–water partition coefficient (Wildman–Crippen LogP) is 4.86. The Balaban J connectivity index is 1.82. The number of halogens is 3. The average molecular weight is 457 g/mol. The molecule has 9 heteroatoms. The lowest BCUT2D eigenvalue weighted by Gasteiger charge is -2.20. The Hall–Kier alpha value is -3.46. The van der Waals surface area contributed by atoms with Gasteiger partial charge in [-0.2, -0.15) is 0 Å². The first-order chi connectivity index (χ1) is 15.1. The molecule has 2 aromatic heterocycles. The van der Waals surface area contributed by atoms with Crippen LogP contribution in [0.4, 0.5) is 13.2 Å². The van der Waals surface area contributed by atoms with Gasteiger partial charge in [0.1, 0.15) is 33.3 Å². The van der Waals surface area contributed by atoms with Gasteiger partial charge in [-0.3, -0.25) is 9.36 Å². The summed E-state index contributed by atoms with van der Waals surface area (Å²) in [5.41, 5.74) is -2.53. The Morgan fingerprint density at radius 1 is 1.03 bits per heavy atom. The van der Waals surface area contributed by atoms with E-state index in [0.717, 1.165) is 34.5 Å². The molecule has 5 rings (SSSR count). The number of benzene rings is 2. The van der Waals surface area contributed by atoms with Gasteiger partial charge in [-0.1, -0.05) is 31.7 Å². The summed E-state index contributed by atoms with van der Waals surface area (Å²) in [6.45, 7) is 3.31. The van der Waals surface area contributed by atoms with Crippen LogP contribution in [0.25, 0.3) is 16.7 Å². The van der Waals surface area contributed by atoms with E-state index >= 15 is 0 Å². The molecule has 0 spiro atoms. The minimum atomic E-state index is -1.04. The summed E-state index contributed by atoms with van der Waals surface area (Å²) in [4.78, 5) is 26.0. The number of hydrogen-bond acceptors (Lipinski definition) is 5. The molecule has 1 N–H and O–H groups in total. The molecule has 1 aliphatic heterocycles. The maximum atomic E-state index is 14.7. The lowest BCUT2D eigenvalue weighted by atomic mass is 9.83. The minimum absolute atomic E-state index is 0.0133. The molecule has 0 fully saturated rings. The lowest BCUT2D eigenvalue weighted by Crippen LogP contribution is -2.24. The monoisotopic (exact) mass is 457 g/mol. The third-order valence-corrected chi connectivity index (χ3v) is 6.62. The number of aromatic hydroxyl groups is 1. The normalized spacial score (nSPS) is 13.9. The van der Waals surface area contributed by atoms with Crippen LogP contribution in [0.3, 0.4) is 0 Å². The zero-order chi connectivity index (χ0) is 22.9. The van der Waals surface area contributed by atoms with E-state index in [-0.39, 0.29) is 32.8 Å². The number of rotatable bonds is 2. The van der Waals surface area contributed by atoms with Gasteiger partial charge in [0, 0.05) is 33.7 Å². The molecule has 0 aliphatic carbocycles. The molecular weight excluding hydrogens is 443 g/mol. The molecular formula is C23H14F3NO4S. The van der Waals surface area contributed by atoms with Crippen LogP contribution in [0, 0.1) is 17.5 Å². The molecule has 0 radical (unpaired) electrons. The fraction of sp³-hybridized carbons (Fsp3) is 0.130. The van der Waals surface area contributed by atoms with Gasteiger partial charge in [0.05, 0.1) is 5.69 Å². The molecule has 0 saturated carbocycles. The van der Waals surface area contributed by atoms with Crippen LogP contribution in [0.2, 0.25) is 0 Å². The Morgan fingerprint density at radius 2 is 1.78 bits per heavy atom. The van der Waals surface area contributed by atoms with E-state index < -0.39 is 39.8 Å². The van der Waals surface area contributed by atoms with Crippen molar-refractivity contribution >= 4 is 22.7 Å². The van der Waals surface area contributed by atoms with Gasteiger partial charge in [0.2, 0.25) is 0 Å². The largest absolute Gasteiger partial charge is 0.505 e. The fourth-order valence-corrected chi connectivity index (χ4v) is 5.04. The summed E-state index contributed by atoms with van der Waals surface area (Å²) in [5, 5.41) is 10.5. The Bertz CT molecular complexity index is 1570. The summed E-state index contributed by atoms with van der Waals surface area (Å²) in [6, 6.07) is 8.49. The Labute approximate surface area is 182 Å². The SMILES string of the molecule is CC1(C)c2c(F)cc(F)cc2-n2c1cc1oc(=O)c(Sc3cccc(F)c3)c(O)c1c2=O. The summed E-state index contributed by atoms with van der Waals surface area (Å²) < 4.78 is 48.6. The molecule has 162 valence electrons. The number of hydrogen-bond donors (Lipinski definition) is 1. The molecule has 2 aromatic carbocycles. The molecule has 32 heavy (non-hydrogen) atoms. The fourth-order valence-electron chi connectivity index (χ4n) is 4.16. The quantitative estimate of drug-likeness (QED) is 0.466. The topological polar surface area (TPSA) is 72.4 Å². The van der Waals surface area contributed by atoms with Crippen LogP contribution < -0.4 is 11.2 Å². The van der Waals surface area contributed by atoms with Gasteiger partial charge in [-0.25, -0.2) is 18.0 Å². The lowest BCUT2D eigenvalue weighted by molar-refractivity contribution is 0.445. The van der Waals surface area contributed by atoms with E-state index in [0.29, 0.717) is 4.90 Å². The molecule has 0 bridgehead atoms. The van der Waals surface area contributed by atoms with Crippen LogP contribution in [0.1, 0.15) is 25.1 Å². The zero-order valence-corrected chi connectivity index (χ0v) is 17.5. The van der Waals surface area contributed by atoms with Crippen LogP contribution in [0.5, 0.6) is 5.75 Å². The number of nitrogens with zero attached hydrogens (tertiary/aromatic N) is 1. The summed E-state index contributed by atoms with van der Waals surface area (Å²) in [5.74, 6) is -2.86. The molecule has 1 aliphatic rings. The van der Waals surface area contributed by atoms with Crippen molar-refractivity contribution < 1.29 is 22.7 Å². The molecule has 0 saturated heterocycles. The van der Waals surface area contributed by atoms with Crippen LogP contribution in [-0.4, -0.2) is 9.67 Å². The van der Waals surface area contributed by atoms with Crippen LogP contribution in [-0.2, 0) is 5.41 Å². The van der Waals surface area contributed by atoms with E-state index in [1.807, 2.05) is 0 Å². The first-order valence-electron chi connectivity index (χ1n) is 9.49. The second-order valence-corrected chi connectivity index (χ2v) is 9.03. The van der Waals surface area contributed by atoms with Gasteiger partial charge in [-0.05, 0) is 24.3 Å². The van der Waals surface area contributed by atoms with Crippen LogP contribution >= 0.6 is 11.8 Å². The smallest absolute Gasteiger partial charge is 0.354 e. The van der Waals surface area contributed by atoms with E-state index in [2.05, 4.69) is 0 Å². The van der Waals surface area contributed by atoms with Crippen molar-refractivity contribution in [1.29, 1.82) is 0 Å². The van der Waals surface area contributed by atoms with E-state index in [9.17, 15) is 27.9 Å². The van der Waals surface area contributed by atoms with Gasteiger partial charge in [0.15, 0.2) is 5.75 Å². The highest BCUT2D eigenvalue weighted by molar-refractivity contribution is 7.99. The van der Waals surface area contributed by atoms with E-state index in [1.165, 1.54) is 24.3 Å². The van der Waals surface area contributed by atoms with Crippen molar-refractivity contribution in [3.63, 3.8) is 0 Å². The maximum absolute atomic E-state index is 14.7. The molecule has 3 heterocycles. The predicted molar refractivity (Wildman–Crippen MR) is 112 cm³/mol. The second kappa shape index (κ2) is 6.77. The number of fused-ring (bicyclic) bond motifs is 4. The van der Waals surface area contributed by atoms with Crippen molar-refractivity contribution in [2.75, 3.05) is 0 Å². The van der Waals surface area contributed by atoms with Crippen molar-refractivity contribution in [3.05, 3.63) is 91.9 Å². The van der Waals surface area contributed by atoms with Crippen LogP contribution in [0.15, 0.2) is 66.3 Å². The number of aromatic nitrogens is 1. The minimum Gasteiger partial charge on any atom is -0.505 e. The van der Waals surface area contributed by atoms with Gasteiger partial charge in [0.25, 0.3) is 5.56 Å². The molecule has 0 atom stereocenters. The second-order valence-electron chi connectivity index (χ2n) is 7.94. The first kappa shape index (κ1) is 20.4. The molecule has 5 nitrogen and oxygen atoms in total. The van der Waals surface area contributed by atoms with Gasteiger partial charge in [-0.15, -0.1) is 0 Å². The van der Waals surface area contributed by atoms with Crippen molar-refractivity contribution in [2.24, 2.45) is 0 Å². The Kier molecular flexibility index (Phi) is 4.32. The zero-order valence-electron chi connectivity index (χ0n) is 16.7. The number of pyridine rings is 1. The molecule has 0 unspecified atom stereocenters. The third-order valence-electron chi connectivity index (χ3n) is 5.57. The van der Waals surface area contributed by atoms with Crippen molar-refractivity contribution in [1.82, 2.24) is 4.57 Å². The van der Waals surface area contributed by atoms with E-state index in [4.69, 9.17) is 4.42 Å². The van der Waals surface area contributed by atoms with Gasteiger partial charge >= 0.3 is 5.63 Å². The molecule has 4 aromatic rings. The maximum Gasteiger partial charge on any atom is 0.354 e. The summed E-state index contributed by atoms with van der Waals surface area (Å²) in [6.07, 6.45) is 0. The summed E-state index contributed by atoms with van der Waals surface area (Å²) >= 11 is 0.738. The van der Waals surface area contributed by atoms with Crippen molar-refractivity contribution in [2.45, 2.75) is 29.1 Å². The highest BCUT2D eigenvalue weighted by Crippen LogP contribution is 2.45. The highest BCUT2D eigenvalue weighted by atomic mass is 32.2. The average Bonchev–Trinajstić information content (AvgIpc) is 2.92. The summed E-state index contributed by atoms with van der Waals surface area (Å²) in [7, 11) is 0. The third kappa shape index (κ3) is 2.81. The molecule has 0 amide bonds. The van der Waals surface area contributed by atoms with Gasteiger partial charge < -0.3 is 9.52 Å². The Morgan fingerprint density at radius 3 is 2.50 bits per heavy atom. The standard InChI is InChI=1S/C23H14F3NO4S/c1-23(2)16-9-15-17(21(29)27(16)14-8-11(25)7-13(26)18(14)23)19(28)20(22(30)31-15)32-12-5-3-4-10(24)6-12/h3-9,28H,1-2H3. The van der Waals surface area contributed by atoms with E-state index in [1.54, 1.807) is 13.8 Å².